The molecular weight excluding hydrogens is 234 g/mol. The van der Waals surface area contributed by atoms with Crippen LogP contribution < -0.4 is 10.6 Å². The molecule has 94 valence electrons. The highest BCUT2D eigenvalue weighted by Crippen LogP contribution is 2.00. The zero-order valence-electron chi connectivity index (χ0n) is 9.87. The number of hydrogen-bond donors (Lipinski definition) is 2. The summed E-state index contributed by atoms with van der Waals surface area (Å²) >= 11 is 0. The number of aromatic nitrogens is 5. The van der Waals surface area contributed by atoms with Crippen LogP contribution in [0.2, 0.25) is 0 Å². The fourth-order valence-corrected chi connectivity index (χ4v) is 1.31. The molecule has 0 atom stereocenters. The summed E-state index contributed by atoms with van der Waals surface area (Å²) in [6.45, 7) is 1.02. The van der Waals surface area contributed by atoms with Gasteiger partial charge in [0, 0.05) is 19.8 Å². The van der Waals surface area contributed by atoms with E-state index in [2.05, 4.69) is 31.1 Å². The van der Waals surface area contributed by atoms with Gasteiger partial charge in [0.05, 0.1) is 12.7 Å². The maximum absolute atomic E-state index is 11.7. The van der Waals surface area contributed by atoms with Crippen molar-refractivity contribution in [2.24, 2.45) is 0 Å². The Kier molecular flexibility index (Phi) is 3.79. The molecule has 0 aliphatic heterocycles. The van der Waals surface area contributed by atoms with Crippen molar-refractivity contribution in [1.29, 1.82) is 0 Å². The van der Waals surface area contributed by atoms with Gasteiger partial charge in [-0.1, -0.05) is 5.21 Å². The van der Waals surface area contributed by atoms with Crippen LogP contribution in [0.5, 0.6) is 0 Å². The van der Waals surface area contributed by atoms with Crippen molar-refractivity contribution in [3.63, 3.8) is 0 Å². The Morgan fingerprint density at radius 2 is 2.28 bits per heavy atom. The van der Waals surface area contributed by atoms with Gasteiger partial charge in [-0.05, 0) is 12.1 Å². The second-order valence-electron chi connectivity index (χ2n) is 3.48. The van der Waals surface area contributed by atoms with Crippen molar-refractivity contribution in [3.8, 4) is 0 Å². The number of anilines is 1. The molecule has 2 heterocycles. The Labute approximate surface area is 103 Å². The first-order valence-corrected chi connectivity index (χ1v) is 5.43. The molecule has 0 aliphatic rings. The Hall–Kier alpha value is -2.51. The number of amides is 1. The lowest BCUT2D eigenvalue weighted by Gasteiger charge is -2.04. The number of hydrogen-bond acceptors (Lipinski definition) is 6. The molecule has 2 aromatic heterocycles. The molecule has 1 amide bonds. The van der Waals surface area contributed by atoms with Crippen molar-refractivity contribution in [1.82, 2.24) is 30.5 Å². The van der Waals surface area contributed by atoms with Crippen molar-refractivity contribution >= 4 is 11.7 Å². The van der Waals surface area contributed by atoms with E-state index in [-0.39, 0.29) is 11.6 Å². The SMILES string of the molecule is CNc1ccc(C(=O)NCCn2ccnn2)nn1. The van der Waals surface area contributed by atoms with E-state index < -0.39 is 0 Å². The molecule has 0 saturated carbocycles. The summed E-state index contributed by atoms with van der Waals surface area (Å²) < 4.78 is 1.63. The lowest BCUT2D eigenvalue weighted by molar-refractivity contribution is 0.0946. The minimum absolute atomic E-state index is 0.259. The Balaban J connectivity index is 1.83. The molecule has 8 nitrogen and oxygen atoms in total. The van der Waals surface area contributed by atoms with E-state index in [1.165, 1.54) is 0 Å². The Morgan fingerprint density at radius 1 is 1.39 bits per heavy atom. The summed E-state index contributed by atoms with van der Waals surface area (Å²) in [5, 5.41) is 20.6. The van der Waals surface area contributed by atoms with Gasteiger partial charge in [-0.15, -0.1) is 15.3 Å². The Bertz CT molecular complexity index is 493. The van der Waals surface area contributed by atoms with E-state index in [0.717, 1.165) is 0 Å². The van der Waals surface area contributed by atoms with E-state index in [9.17, 15) is 4.79 Å². The molecule has 2 aromatic rings. The van der Waals surface area contributed by atoms with Gasteiger partial charge in [-0.25, -0.2) is 0 Å². The van der Waals surface area contributed by atoms with E-state index in [0.29, 0.717) is 18.9 Å². The summed E-state index contributed by atoms with van der Waals surface area (Å²) in [5.74, 6) is 0.361. The van der Waals surface area contributed by atoms with Gasteiger partial charge >= 0.3 is 0 Å². The average molecular weight is 247 g/mol. The largest absolute Gasteiger partial charge is 0.372 e. The van der Waals surface area contributed by atoms with Gasteiger partial charge in [0.15, 0.2) is 5.69 Å². The molecule has 0 fully saturated rings. The minimum atomic E-state index is -0.259. The maximum Gasteiger partial charge on any atom is 0.271 e. The maximum atomic E-state index is 11.7. The molecule has 0 bridgehead atoms. The van der Waals surface area contributed by atoms with Crippen LogP contribution in [-0.2, 0) is 6.54 Å². The van der Waals surface area contributed by atoms with Crippen LogP contribution in [0.3, 0.4) is 0 Å². The average Bonchev–Trinajstić information content (AvgIpc) is 2.92. The van der Waals surface area contributed by atoms with Crippen molar-refractivity contribution in [2.75, 3.05) is 18.9 Å². The highest BCUT2D eigenvalue weighted by atomic mass is 16.1. The Morgan fingerprint density at radius 3 is 2.89 bits per heavy atom. The molecule has 18 heavy (non-hydrogen) atoms. The molecule has 8 heteroatoms. The van der Waals surface area contributed by atoms with Gasteiger partial charge in [-0.2, -0.15) is 0 Å². The third-order valence-corrected chi connectivity index (χ3v) is 2.25. The highest BCUT2D eigenvalue weighted by Gasteiger charge is 2.07. The van der Waals surface area contributed by atoms with Gasteiger partial charge in [0.25, 0.3) is 5.91 Å². The normalized spacial score (nSPS) is 10.1. The van der Waals surface area contributed by atoms with Gasteiger partial charge in [0.2, 0.25) is 0 Å². The smallest absolute Gasteiger partial charge is 0.271 e. The van der Waals surface area contributed by atoms with E-state index in [1.54, 1.807) is 36.3 Å². The first kappa shape index (κ1) is 12.0. The van der Waals surface area contributed by atoms with Crippen molar-refractivity contribution in [2.45, 2.75) is 6.54 Å². The molecule has 2 N–H and O–H groups in total. The molecule has 0 aliphatic carbocycles. The molecule has 0 saturated heterocycles. The summed E-state index contributed by atoms with van der Waals surface area (Å²) in [5.41, 5.74) is 0.285. The summed E-state index contributed by atoms with van der Waals surface area (Å²) in [4.78, 5) is 11.7. The fraction of sp³-hybridized carbons (Fsp3) is 0.300. The predicted molar refractivity (Wildman–Crippen MR) is 63.9 cm³/mol. The lowest BCUT2D eigenvalue weighted by atomic mass is 10.3. The number of nitrogens with zero attached hydrogens (tertiary/aromatic N) is 5. The molecule has 2 rings (SSSR count). The van der Waals surface area contributed by atoms with Crippen LogP contribution in [0.15, 0.2) is 24.5 Å². The molecule has 0 spiro atoms. The summed E-state index contributed by atoms with van der Waals surface area (Å²) in [7, 11) is 1.74. The third-order valence-electron chi connectivity index (χ3n) is 2.25. The third kappa shape index (κ3) is 3.00. The van der Waals surface area contributed by atoms with Crippen LogP contribution in [0.4, 0.5) is 5.82 Å². The fourth-order valence-electron chi connectivity index (χ4n) is 1.31. The van der Waals surface area contributed by atoms with Crippen LogP contribution in [-0.4, -0.2) is 44.7 Å². The van der Waals surface area contributed by atoms with Crippen LogP contribution in [0, 0.1) is 0 Å². The predicted octanol–water partition coefficient (Wildman–Crippen LogP) is -0.460. The van der Waals surface area contributed by atoms with E-state index in [1.807, 2.05) is 0 Å². The van der Waals surface area contributed by atoms with Crippen molar-refractivity contribution in [3.05, 3.63) is 30.2 Å². The zero-order valence-corrected chi connectivity index (χ0v) is 9.87. The number of rotatable bonds is 5. The zero-order chi connectivity index (χ0) is 12.8. The summed E-state index contributed by atoms with van der Waals surface area (Å²) in [6.07, 6.45) is 3.32. The highest BCUT2D eigenvalue weighted by molar-refractivity contribution is 5.92. The van der Waals surface area contributed by atoms with Gasteiger partial charge in [-0.3, -0.25) is 9.48 Å². The monoisotopic (exact) mass is 247 g/mol. The van der Waals surface area contributed by atoms with Crippen molar-refractivity contribution < 1.29 is 4.79 Å². The van der Waals surface area contributed by atoms with Crippen LogP contribution in [0.25, 0.3) is 0 Å². The molecule has 0 radical (unpaired) electrons. The van der Waals surface area contributed by atoms with Gasteiger partial charge < -0.3 is 10.6 Å². The van der Waals surface area contributed by atoms with E-state index in [4.69, 9.17) is 0 Å². The molecule has 0 unspecified atom stereocenters. The standard InChI is InChI=1S/C10H13N7O/c1-11-9-3-2-8(14-15-9)10(18)12-4-6-17-7-5-13-16-17/h2-3,5,7H,4,6H2,1H3,(H,11,15)(H,12,18). The topological polar surface area (TPSA) is 97.6 Å². The van der Waals surface area contributed by atoms with Crippen LogP contribution >= 0.6 is 0 Å². The first-order chi connectivity index (χ1) is 8.79. The quantitative estimate of drug-likeness (QED) is 0.742. The second kappa shape index (κ2) is 5.71. The second-order valence-corrected chi connectivity index (χ2v) is 3.48. The number of nitrogens with one attached hydrogen (secondary N) is 2. The number of carbonyl (C=O) groups excluding carboxylic acids is 1. The lowest BCUT2D eigenvalue weighted by Crippen LogP contribution is -2.28. The summed E-state index contributed by atoms with van der Waals surface area (Å²) in [6, 6.07) is 3.31. The molecular formula is C10H13N7O. The number of carbonyl (C=O) groups is 1. The van der Waals surface area contributed by atoms with Gasteiger partial charge in [0.1, 0.15) is 5.82 Å². The minimum Gasteiger partial charge on any atom is -0.372 e. The van der Waals surface area contributed by atoms with Crippen LogP contribution in [0.1, 0.15) is 10.5 Å². The molecule has 0 aromatic carbocycles. The first-order valence-electron chi connectivity index (χ1n) is 5.43. The van der Waals surface area contributed by atoms with E-state index >= 15 is 0 Å².